The summed E-state index contributed by atoms with van der Waals surface area (Å²) < 4.78 is 52.8. The molecule has 2 rings (SSSR count). The fourth-order valence-corrected chi connectivity index (χ4v) is 4.98. The van der Waals surface area contributed by atoms with Crippen LogP contribution in [0.15, 0.2) is 36.4 Å². The predicted molar refractivity (Wildman–Crippen MR) is 102 cm³/mol. The summed E-state index contributed by atoms with van der Waals surface area (Å²) in [5.74, 6) is 2.92. The molecule has 0 aliphatic rings. The minimum atomic E-state index is -6.00. The third-order valence-electron chi connectivity index (χ3n) is 3.85. The van der Waals surface area contributed by atoms with Gasteiger partial charge in [0, 0.05) is 11.1 Å². The molecule has 0 aromatic heterocycles. The molecule has 0 fully saturated rings. The van der Waals surface area contributed by atoms with Crippen LogP contribution in [0, 0.1) is 7.14 Å². The molecule has 0 saturated carbocycles. The Morgan fingerprint density at radius 1 is 0.714 bits per heavy atom. The second-order valence-corrected chi connectivity index (χ2v) is 9.70. The molecule has 0 saturated heterocycles. The molecule has 156 valence electrons. The van der Waals surface area contributed by atoms with Crippen molar-refractivity contribution in [2.24, 2.45) is 0 Å². The molecule has 0 heterocycles. The quantitative estimate of drug-likeness (QED) is 0.336. The van der Waals surface area contributed by atoms with E-state index in [1.54, 1.807) is 14.2 Å². The topological polar surface area (TPSA) is 18.5 Å². The van der Waals surface area contributed by atoms with Crippen LogP contribution in [0.2, 0.25) is 0 Å². The van der Waals surface area contributed by atoms with Crippen LogP contribution < -0.4 is 30.7 Å². The van der Waals surface area contributed by atoms with E-state index in [4.69, 9.17) is 9.47 Å². The molecule has 8 heteroatoms. The van der Waals surface area contributed by atoms with Crippen LogP contribution in [0.1, 0.15) is 50.7 Å². The summed E-state index contributed by atoms with van der Waals surface area (Å²) >= 11 is -0.203. The maximum atomic E-state index is 9.75. The second-order valence-electron chi connectivity index (χ2n) is 6.67. The molecule has 0 spiro atoms. The van der Waals surface area contributed by atoms with Gasteiger partial charge in [-0.15, -0.1) is 0 Å². The molecular formula is C20H26BF4IO2. The van der Waals surface area contributed by atoms with Gasteiger partial charge in [-0.2, -0.15) is 0 Å². The van der Waals surface area contributed by atoms with Gasteiger partial charge >= 0.3 is 28.5 Å². The molecule has 0 radical (unpaired) electrons. The molecule has 0 atom stereocenters. The number of hydrogen-bond donors (Lipinski definition) is 0. The fraction of sp³-hybridized carbons (Fsp3) is 0.400. The zero-order valence-electron chi connectivity index (χ0n) is 16.9. The smallest absolute Gasteiger partial charge is 0.496 e. The van der Waals surface area contributed by atoms with Gasteiger partial charge in [0.15, 0.2) is 7.14 Å². The first kappa shape index (κ1) is 24.6. The third kappa shape index (κ3) is 8.28. The zero-order chi connectivity index (χ0) is 21.5. The van der Waals surface area contributed by atoms with Crippen LogP contribution in [-0.4, -0.2) is 21.5 Å². The second kappa shape index (κ2) is 10.9. The summed E-state index contributed by atoms with van der Waals surface area (Å²) in [7, 11) is -2.51. The van der Waals surface area contributed by atoms with Gasteiger partial charge in [-0.3, -0.25) is 0 Å². The van der Waals surface area contributed by atoms with Crippen LogP contribution in [0.25, 0.3) is 0 Å². The van der Waals surface area contributed by atoms with E-state index in [1.165, 1.54) is 18.3 Å². The number of hydrogen-bond acceptors (Lipinski definition) is 2. The first-order valence-electron chi connectivity index (χ1n) is 8.84. The van der Waals surface area contributed by atoms with Gasteiger partial charge < -0.3 is 26.7 Å². The van der Waals surface area contributed by atoms with Crippen molar-refractivity contribution in [3.05, 3.63) is 54.7 Å². The molecule has 0 aliphatic carbocycles. The maximum Gasteiger partial charge on any atom is 0.673 e. The largest absolute Gasteiger partial charge is 0.673 e. The summed E-state index contributed by atoms with van der Waals surface area (Å²) in [6.07, 6.45) is 0. The summed E-state index contributed by atoms with van der Waals surface area (Å²) in [5.41, 5.74) is 2.59. The molecule has 0 amide bonds. The Morgan fingerprint density at radius 2 is 1.04 bits per heavy atom. The lowest BCUT2D eigenvalue weighted by Crippen LogP contribution is -3.61. The van der Waals surface area contributed by atoms with E-state index >= 15 is 0 Å². The number of ether oxygens (including phenoxy) is 2. The molecule has 2 aromatic rings. The molecular weight excluding hydrogens is 486 g/mol. The van der Waals surface area contributed by atoms with Crippen molar-refractivity contribution >= 4 is 7.25 Å². The van der Waals surface area contributed by atoms with Crippen molar-refractivity contribution in [3.8, 4) is 11.5 Å². The average Bonchev–Trinajstić information content (AvgIpc) is 2.60. The molecule has 0 N–H and O–H groups in total. The van der Waals surface area contributed by atoms with E-state index in [0.29, 0.717) is 11.8 Å². The number of halogens is 5. The van der Waals surface area contributed by atoms with Gasteiger partial charge in [-0.1, -0.05) is 27.7 Å². The molecule has 0 aliphatic heterocycles. The SMILES string of the molecule is COc1ccc([I+]c2ccc(OC)c(C(C)C)c2)cc1C(C)C.F[B-](F)(F)F. The van der Waals surface area contributed by atoms with Gasteiger partial charge in [0.2, 0.25) is 0 Å². The van der Waals surface area contributed by atoms with Crippen LogP contribution in [0.5, 0.6) is 11.5 Å². The minimum Gasteiger partial charge on any atom is -0.496 e. The van der Waals surface area contributed by atoms with Gasteiger partial charge in [-0.05, 0) is 48.2 Å². The Hall–Kier alpha value is -1.45. The number of methoxy groups -OCH3 is 2. The van der Waals surface area contributed by atoms with E-state index in [2.05, 4.69) is 64.1 Å². The average molecular weight is 512 g/mol. The van der Waals surface area contributed by atoms with Crippen molar-refractivity contribution in [2.75, 3.05) is 14.2 Å². The highest BCUT2D eigenvalue weighted by molar-refractivity contribution is 6.50. The summed E-state index contributed by atoms with van der Waals surface area (Å²) in [6, 6.07) is 13.3. The van der Waals surface area contributed by atoms with E-state index in [-0.39, 0.29) is 21.2 Å². The van der Waals surface area contributed by atoms with Crippen LogP contribution >= 0.6 is 0 Å². The highest BCUT2D eigenvalue weighted by atomic mass is 127. The summed E-state index contributed by atoms with van der Waals surface area (Å²) in [4.78, 5) is 0. The summed E-state index contributed by atoms with van der Waals surface area (Å²) in [5, 5.41) is 0. The lowest BCUT2D eigenvalue weighted by molar-refractivity contribution is -0.597. The summed E-state index contributed by atoms with van der Waals surface area (Å²) in [6.45, 7) is 8.85. The minimum absolute atomic E-state index is 0.203. The first-order valence-corrected chi connectivity index (χ1v) is 11.0. The molecule has 0 bridgehead atoms. The van der Waals surface area contributed by atoms with E-state index in [0.717, 1.165) is 11.5 Å². The van der Waals surface area contributed by atoms with Crippen molar-refractivity contribution in [3.63, 3.8) is 0 Å². The molecule has 0 unspecified atom stereocenters. The van der Waals surface area contributed by atoms with Crippen molar-refractivity contribution < 1.29 is 47.9 Å². The number of benzene rings is 2. The zero-order valence-corrected chi connectivity index (χ0v) is 19.1. The third-order valence-corrected chi connectivity index (χ3v) is 6.43. The maximum absolute atomic E-state index is 9.75. The van der Waals surface area contributed by atoms with E-state index < -0.39 is 7.25 Å². The van der Waals surface area contributed by atoms with E-state index in [1.807, 2.05) is 0 Å². The highest BCUT2D eigenvalue weighted by Gasteiger charge is 2.21. The monoisotopic (exact) mass is 512 g/mol. The van der Waals surface area contributed by atoms with Gasteiger partial charge in [0.25, 0.3) is 0 Å². The van der Waals surface area contributed by atoms with Gasteiger partial charge in [0.1, 0.15) is 11.5 Å². The Balaban J connectivity index is 0.000000696. The standard InChI is InChI=1S/C20H26IO2.BF4/c1-13(2)17-11-15(7-9-19(17)22-5)21-16-8-10-20(23-6)18(12-16)14(3)4;2-1(3,4)5/h7-14H,1-6H3;/q+1;-1. The Kier molecular flexibility index (Phi) is 9.60. The Bertz CT molecular complexity index is 701. The molecule has 2 nitrogen and oxygen atoms in total. The van der Waals surface area contributed by atoms with Crippen molar-refractivity contribution in [1.82, 2.24) is 0 Å². The van der Waals surface area contributed by atoms with Crippen LogP contribution in [-0.2, 0) is 0 Å². The number of rotatable bonds is 6. The first-order chi connectivity index (χ1) is 13.0. The normalized spacial score (nSPS) is 11.3. The molecule has 28 heavy (non-hydrogen) atoms. The van der Waals surface area contributed by atoms with E-state index in [9.17, 15) is 17.3 Å². The lowest BCUT2D eigenvalue weighted by Gasteiger charge is -2.11. The van der Waals surface area contributed by atoms with Gasteiger partial charge in [-0.25, -0.2) is 0 Å². The fourth-order valence-electron chi connectivity index (χ4n) is 2.56. The lowest BCUT2D eigenvalue weighted by atomic mass is 10.0. The van der Waals surface area contributed by atoms with Crippen molar-refractivity contribution in [2.45, 2.75) is 39.5 Å². The van der Waals surface area contributed by atoms with Gasteiger partial charge in [0.05, 0.1) is 14.2 Å². The molecule has 2 aromatic carbocycles. The Labute approximate surface area is 175 Å². The van der Waals surface area contributed by atoms with Crippen molar-refractivity contribution in [1.29, 1.82) is 0 Å². The van der Waals surface area contributed by atoms with Crippen LogP contribution in [0.4, 0.5) is 17.3 Å². The Morgan fingerprint density at radius 3 is 1.29 bits per heavy atom. The van der Waals surface area contributed by atoms with Crippen LogP contribution in [0.3, 0.4) is 0 Å². The highest BCUT2D eigenvalue weighted by Crippen LogP contribution is 2.26. The predicted octanol–water partition coefficient (Wildman–Crippen LogP) is 3.38.